The molecule has 3 aromatic rings. The minimum absolute atomic E-state index is 0.00928. The fourth-order valence-electron chi connectivity index (χ4n) is 3.37. The lowest BCUT2D eigenvalue weighted by Gasteiger charge is -2.37. The van der Waals surface area contributed by atoms with E-state index in [1.807, 2.05) is 11.4 Å². The van der Waals surface area contributed by atoms with E-state index in [1.54, 1.807) is 30.0 Å². The standard InChI is InChI=1S/C16H19N5O3S/c1-20-12-13(21(2)16(24)19-14(12)23)18-15(20)17-11(8-6-9(22)7-8)10-4-3-5-25-10/h3-5,8-9,11,22H,6-7H2,1-2H3,(H,17,18)(H,19,23,24)/t8?,9?,11-/m0/s1. The molecule has 25 heavy (non-hydrogen) atoms. The number of hydrogen-bond donors (Lipinski definition) is 3. The Balaban J connectivity index is 1.77. The van der Waals surface area contributed by atoms with Crippen molar-refractivity contribution in [1.82, 2.24) is 19.1 Å². The molecule has 3 N–H and O–H groups in total. The molecule has 4 rings (SSSR count). The number of hydrogen-bond acceptors (Lipinski definition) is 6. The first kappa shape index (κ1) is 16.1. The summed E-state index contributed by atoms with van der Waals surface area (Å²) < 4.78 is 3.00. The summed E-state index contributed by atoms with van der Waals surface area (Å²) in [6.45, 7) is 0. The largest absolute Gasteiger partial charge is 0.393 e. The zero-order valence-corrected chi connectivity index (χ0v) is 14.7. The van der Waals surface area contributed by atoms with E-state index in [0.717, 1.165) is 17.7 Å². The second-order valence-electron chi connectivity index (χ2n) is 6.51. The zero-order chi connectivity index (χ0) is 17.7. The van der Waals surface area contributed by atoms with Gasteiger partial charge in [0.15, 0.2) is 11.2 Å². The molecule has 1 atom stereocenters. The number of nitrogens with one attached hydrogen (secondary N) is 2. The number of rotatable bonds is 4. The predicted octanol–water partition coefficient (Wildman–Crippen LogP) is 0.946. The molecule has 1 aliphatic rings. The van der Waals surface area contributed by atoms with Crippen LogP contribution in [-0.4, -0.2) is 30.3 Å². The maximum absolute atomic E-state index is 12.2. The number of anilines is 1. The molecular formula is C16H19N5O3S. The third kappa shape index (κ3) is 2.59. The van der Waals surface area contributed by atoms with Crippen LogP contribution < -0.4 is 16.6 Å². The molecule has 9 heteroatoms. The summed E-state index contributed by atoms with van der Waals surface area (Å²) in [4.78, 5) is 31.9. The lowest BCUT2D eigenvalue weighted by Crippen LogP contribution is -2.36. The van der Waals surface area contributed by atoms with Gasteiger partial charge in [0.25, 0.3) is 5.56 Å². The summed E-state index contributed by atoms with van der Waals surface area (Å²) >= 11 is 1.65. The number of aromatic amines is 1. The lowest BCUT2D eigenvalue weighted by molar-refractivity contribution is 0.0343. The van der Waals surface area contributed by atoms with Crippen LogP contribution >= 0.6 is 11.3 Å². The van der Waals surface area contributed by atoms with E-state index in [2.05, 4.69) is 21.4 Å². The van der Waals surface area contributed by atoms with E-state index < -0.39 is 11.2 Å². The summed E-state index contributed by atoms with van der Waals surface area (Å²) in [5.41, 5.74) is -0.243. The number of fused-ring (bicyclic) bond motifs is 1. The molecule has 1 aliphatic carbocycles. The van der Waals surface area contributed by atoms with Crippen LogP contribution in [0.25, 0.3) is 11.2 Å². The lowest BCUT2D eigenvalue weighted by atomic mass is 9.77. The van der Waals surface area contributed by atoms with E-state index in [-0.39, 0.29) is 12.1 Å². The fourth-order valence-corrected chi connectivity index (χ4v) is 4.24. The minimum atomic E-state index is -0.487. The number of aliphatic hydroxyl groups excluding tert-OH is 1. The molecule has 3 heterocycles. The van der Waals surface area contributed by atoms with E-state index in [4.69, 9.17) is 0 Å². The Kier molecular flexibility index (Phi) is 3.77. The molecule has 0 aliphatic heterocycles. The third-order valence-electron chi connectivity index (χ3n) is 4.89. The average molecular weight is 361 g/mol. The molecular weight excluding hydrogens is 342 g/mol. The Bertz CT molecular complexity index is 1030. The van der Waals surface area contributed by atoms with Crippen LogP contribution in [0.2, 0.25) is 0 Å². The predicted molar refractivity (Wildman–Crippen MR) is 96.0 cm³/mol. The summed E-state index contributed by atoms with van der Waals surface area (Å²) in [5.74, 6) is 0.831. The SMILES string of the molecule is Cn1c(N[C@H](c2cccs2)C2CC(O)C2)nc2c1c(=O)[nH]c(=O)n2C. The fraction of sp³-hybridized carbons (Fsp3) is 0.438. The van der Waals surface area contributed by atoms with Crippen LogP contribution in [0.15, 0.2) is 27.1 Å². The molecule has 0 aromatic carbocycles. The number of thiophene rings is 1. The van der Waals surface area contributed by atoms with Gasteiger partial charge < -0.3 is 15.0 Å². The molecule has 132 valence electrons. The minimum Gasteiger partial charge on any atom is -0.393 e. The molecule has 0 saturated heterocycles. The van der Waals surface area contributed by atoms with Gasteiger partial charge in [-0.15, -0.1) is 11.3 Å². The molecule has 0 spiro atoms. The van der Waals surface area contributed by atoms with Crippen molar-refractivity contribution in [2.75, 3.05) is 5.32 Å². The van der Waals surface area contributed by atoms with Crippen molar-refractivity contribution in [3.05, 3.63) is 43.2 Å². The van der Waals surface area contributed by atoms with Crippen LogP contribution in [0.4, 0.5) is 5.95 Å². The van der Waals surface area contributed by atoms with Crippen LogP contribution in [0.1, 0.15) is 23.8 Å². The van der Waals surface area contributed by atoms with Crippen molar-refractivity contribution in [1.29, 1.82) is 0 Å². The van der Waals surface area contributed by atoms with E-state index in [1.165, 1.54) is 4.57 Å². The van der Waals surface area contributed by atoms with Crippen molar-refractivity contribution in [3.63, 3.8) is 0 Å². The quantitative estimate of drug-likeness (QED) is 0.642. The van der Waals surface area contributed by atoms with Crippen molar-refractivity contribution in [2.24, 2.45) is 20.0 Å². The van der Waals surface area contributed by atoms with Gasteiger partial charge >= 0.3 is 5.69 Å². The van der Waals surface area contributed by atoms with E-state index in [0.29, 0.717) is 23.0 Å². The van der Waals surface area contributed by atoms with Crippen LogP contribution in [-0.2, 0) is 14.1 Å². The van der Waals surface area contributed by atoms with Gasteiger partial charge in [-0.05, 0) is 30.2 Å². The van der Waals surface area contributed by atoms with Gasteiger partial charge in [-0.2, -0.15) is 4.98 Å². The van der Waals surface area contributed by atoms with Gasteiger partial charge in [0.2, 0.25) is 5.95 Å². The number of imidazole rings is 1. The molecule has 1 saturated carbocycles. The number of aromatic nitrogens is 4. The van der Waals surface area contributed by atoms with Gasteiger partial charge in [-0.25, -0.2) is 4.79 Å². The highest BCUT2D eigenvalue weighted by molar-refractivity contribution is 7.10. The molecule has 0 amide bonds. The second kappa shape index (κ2) is 5.85. The average Bonchev–Trinajstić information content (AvgIpc) is 3.16. The Labute approximate surface area is 146 Å². The number of aryl methyl sites for hydroxylation is 2. The van der Waals surface area contributed by atoms with Crippen molar-refractivity contribution >= 4 is 28.4 Å². The first-order valence-corrected chi connectivity index (χ1v) is 8.97. The molecule has 0 unspecified atom stereocenters. The molecule has 1 fully saturated rings. The Morgan fingerprint density at radius 1 is 1.36 bits per heavy atom. The molecule has 8 nitrogen and oxygen atoms in total. The van der Waals surface area contributed by atoms with Gasteiger partial charge in [0, 0.05) is 19.0 Å². The third-order valence-corrected chi connectivity index (χ3v) is 5.85. The number of aliphatic hydroxyl groups is 1. The topological polar surface area (TPSA) is 105 Å². The zero-order valence-electron chi connectivity index (χ0n) is 13.9. The first-order chi connectivity index (χ1) is 12.0. The summed E-state index contributed by atoms with van der Waals surface area (Å²) in [6.07, 6.45) is 1.22. The monoisotopic (exact) mass is 361 g/mol. The Morgan fingerprint density at radius 3 is 2.76 bits per heavy atom. The summed E-state index contributed by atoms with van der Waals surface area (Å²) in [7, 11) is 3.33. The van der Waals surface area contributed by atoms with Crippen LogP contribution in [0.3, 0.4) is 0 Å². The van der Waals surface area contributed by atoms with Crippen molar-refractivity contribution in [3.8, 4) is 0 Å². The van der Waals surface area contributed by atoms with E-state index in [9.17, 15) is 14.7 Å². The summed E-state index contributed by atoms with van der Waals surface area (Å²) in [5, 5.41) is 15.1. The molecule has 0 bridgehead atoms. The van der Waals surface area contributed by atoms with Gasteiger partial charge in [0.05, 0.1) is 12.1 Å². The molecule has 3 aromatic heterocycles. The van der Waals surface area contributed by atoms with Gasteiger partial charge in [0.1, 0.15) is 0 Å². The van der Waals surface area contributed by atoms with Crippen molar-refractivity contribution in [2.45, 2.75) is 25.0 Å². The number of nitrogens with zero attached hydrogens (tertiary/aromatic N) is 3. The Morgan fingerprint density at radius 2 is 2.12 bits per heavy atom. The van der Waals surface area contributed by atoms with E-state index >= 15 is 0 Å². The normalized spacial score (nSPS) is 21.2. The van der Waals surface area contributed by atoms with Gasteiger partial charge in [-0.1, -0.05) is 6.07 Å². The molecule has 0 radical (unpaired) electrons. The number of H-pyrrole nitrogens is 1. The second-order valence-corrected chi connectivity index (χ2v) is 7.49. The maximum atomic E-state index is 12.2. The van der Waals surface area contributed by atoms with Crippen molar-refractivity contribution < 1.29 is 5.11 Å². The van der Waals surface area contributed by atoms with Crippen LogP contribution in [0.5, 0.6) is 0 Å². The highest BCUT2D eigenvalue weighted by Gasteiger charge is 2.36. The highest BCUT2D eigenvalue weighted by atomic mass is 32.1. The maximum Gasteiger partial charge on any atom is 0.329 e. The summed E-state index contributed by atoms with van der Waals surface area (Å²) in [6, 6.07) is 4.06. The van der Waals surface area contributed by atoms with Gasteiger partial charge in [-0.3, -0.25) is 14.3 Å². The first-order valence-electron chi connectivity index (χ1n) is 8.09. The Hall–Kier alpha value is -2.39. The highest BCUT2D eigenvalue weighted by Crippen LogP contribution is 2.41. The van der Waals surface area contributed by atoms with Crippen LogP contribution in [0, 0.1) is 5.92 Å². The smallest absolute Gasteiger partial charge is 0.329 e.